The Hall–Kier alpha value is -1.70. The molecule has 2 unspecified atom stereocenters. The van der Waals surface area contributed by atoms with Gasteiger partial charge in [-0.05, 0) is 48.3 Å². The second-order valence-corrected chi connectivity index (χ2v) is 5.20. The van der Waals surface area contributed by atoms with Gasteiger partial charge in [0, 0.05) is 11.8 Å². The summed E-state index contributed by atoms with van der Waals surface area (Å²) < 4.78 is 0. The Morgan fingerprint density at radius 3 is 1.39 bits per heavy atom. The molecule has 0 aromatic heterocycles. The predicted molar refractivity (Wildman–Crippen MR) is 72.0 cm³/mol. The van der Waals surface area contributed by atoms with Gasteiger partial charge in [-0.1, -0.05) is 26.0 Å². The fourth-order valence-electron chi connectivity index (χ4n) is 2.47. The lowest BCUT2D eigenvalue weighted by Gasteiger charge is -2.20. The summed E-state index contributed by atoms with van der Waals surface area (Å²) in [6.07, 6.45) is 7.79. The molecule has 2 rings (SSSR count). The molecular weight excluding hydrogens is 224 g/mol. The Morgan fingerprint density at radius 2 is 1.11 bits per heavy atom. The van der Waals surface area contributed by atoms with Gasteiger partial charge >= 0.3 is 0 Å². The minimum absolute atomic E-state index is 0.0764. The fraction of sp³-hybridized carbons (Fsp3) is 0.375. The van der Waals surface area contributed by atoms with Gasteiger partial charge in [0.15, 0.2) is 11.6 Å². The van der Waals surface area contributed by atoms with Crippen LogP contribution in [0.3, 0.4) is 0 Å². The molecule has 0 N–H and O–H groups in total. The Balaban J connectivity index is 2.40. The molecule has 0 amide bonds. The zero-order valence-corrected chi connectivity index (χ0v) is 11.3. The van der Waals surface area contributed by atoms with Crippen molar-refractivity contribution in [2.45, 2.75) is 27.7 Å². The van der Waals surface area contributed by atoms with E-state index in [1.165, 1.54) is 0 Å². The normalized spacial score (nSPS) is 28.4. The lowest BCUT2D eigenvalue weighted by atomic mass is 9.83. The van der Waals surface area contributed by atoms with Gasteiger partial charge in [0.2, 0.25) is 0 Å². The molecule has 2 aliphatic carbocycles. The second-order valence-electron chi connectivity index (χ2n) is 5.20. The monoisotopic (exact) mass is 242 g/mol. The van der Waals surface area contributed by atoms with Crippen LogP contribution in [0.25, 0.3) is 0 Å². The Bertz CT molecular complexity index is 491. The smallest absolute Gasteiger partial charge is 0.165 e. The van der Waals surface area contributed by atoms with Gasteiger partial charge in [0.05, 0.1) is 0 Å². The largest absolute Gasteiger partial charge is 0.294 e. The van der Waals surface area contributed by atoms with E-state index >= 15 is 0 Å². The molecule has 94 valence electrons. The number of carbonyl (C=O) groups excluding carboxylic acids is 2. The van der Waals surface area contributed by atoms with Gasteiger partial charge in [0.1, 0.15) is 0 Å². The SMILES string of the molecule is CC1=CC(C2=CC(C)C(=O)C(C)=C2)=CC(C)C1=O. The van der Waals surface area contributed by atoms with Crippen molar-refractivity contribution >= 4 is 11.6 Å². The van der Waals surface area contributed by atoms with Crippen molar-refractivity contribution in [1.82, 2.24) is 0 Å². The highest BCUT2D eigenvalue weighted by Crippen LogP contribution is 2.29. The van der Waals surface area contributed by atoms with E-state index in [2.05, 4.69) is 0 Å². The van der Waals surface area contributed by atoms with Crippen LogP contribution in [0, 0.1) is 11.8 Å². The van der Waals surface area contributed by atoms with E-state index in [-0.39, 0.29) is 23.4 Å². The summed E-state index contributed by atoms with van der Waals surface area (Å²) in [7, 11) is 0. The van der Waals surface area contributed by atoms with Gasteiger partial charge in [0.25, 0.3) is 0 Å². The highest BCUT2D eigenvalue weighted by atomic mass is 16.1. The maximum absolute atomic E-state index is 11.7. The zero-order valence-electron chi connectivity index (χ0n) is 11.3. The molecule has 2 heteroatoms. The van der Waals surface area contributed by atoms with Crippen molar-refractivity contribution < 1.29 is 9.59 Å². The number of carbonyl (C=O) groups is 2. The quantitative estimate of drug-likeness (QED) is 0.707. The summed E-state index contributed by atoms with van der Waals surface area (Å²) in [6.45, 7) is 7.52. The van der Waals surface area contributed by atoms with E-state index in [0.29, 0.717) is 0 Å². The number of hydrogen-bond donors (Lipinski definition) is 0. The number of hydrogen-bond acceptors (Lipinski definition) is 2. The minimum atomic E-state index is -0.0764. The molecule has 0 spiro atoms. The van der Waals surface area contributed by atoms with E-state index in [9.17, 15) is 9.59 Å². The molecule has 0 saturated carbocycles. The van der Waals surface area contributed by atoms with E-state index in [4.69, 9.17) is 0 Å². The highest BCUT2D eigenvalue weighted by molar-refractivity contribution is 6.01. The lowest BCUT2D eigenvalue weighted by Crippen LogP contribution is -2.18. The van der Waals surface area contributed by atoms with Crippen molar-refractivity contribution in [3.8, 4) is 0 Å². The molecule has 0 heterocycles. The minimum Gasteiger partial charge on any atom is -0.294 e. The molecule has 0 bridgehead atoms. The molecule has 0 radical (unpaired) electrons. The molecular formula is C16H18O2. The predicted octanol–water partition coefficient (Wildman–Crippen LogP) is 3.17. The van der Waals surface area contributed by atoms with Gasteiger partial charge in [-0.25, -0.2) is 0 Å². The molecule has 0 aromatic rings. The van der Waals surface area contributed by atoms with Crippen molar-refractivity contribution in [2.75, 3.05) is 0 Å². The second kappa shape index (κ2) is 4.52. The van der Waals surface area contributed by atoms with E-state index in [1.54, 1.807) is 0 Å². The van der Waals surface area contributed by atoms with Crippen molar-refractivity contribution in [2.24, 2.45) is 11.8 Å². The van der Waals surface area contributed by atoms with Gasteiger partial charge in [-0.2, -0.15) is 0 Å². The van der Waals surface area contributed by atoms with E-state index in [0.717, 1.165) is 22.3 Å². The fourth-order valence-corrected chi connectivity index (χ4v) is 2.47. The summed E-state index contributed by atoms with van der Waals surface area (Å²) >= 11 is 0. The molecule has 18 heavy (non-hydrogen) atoms. The Labute approximate surface area is 108 Å². The summed E-state index contributed by atoms with van der Waals surface area (Å²) in [5, 5.41) is 0. The third-order valence-electron chi connectivity index (χ3n) is 3.54. The maximum Gasteiger partial charge on any atom is 0.165 e. The van der Waals surface area contributed by atoms with Crippen molar-refractivity contribution in [3.05, 3.63) is 46.6 Å². The van der Waals surface area contributed by atoms with Crippen molar-refractivity contribution in [1.29, 1.82) is 0 Å². The van der Waals surface area contributed by atoms with Crippen LogP contribution in [0.2, 0.25) is 0 Å². The first-order valence-electron chi connectivity index (χ1n) is 6.29. The average Bonchev–Trinajstić information content (AvgIpc) is 2.31. The van der Waals surface area contributed by atoms with Crippen LogP contribution in [0.5, 0.6) is 0 Å². The first kappa shape index (κ1) is 12.7. The summed E-state index contributed by atoms with van der Waals surface area (Å²) in [6, 6.07) is 0. The van der Waals surface area contributed by atoms with Crippen molar-refractivity contribution in [3.63, 3.8) is 0 Å². The van der Waals surface area contributed by atoms with E-state index < -0.39 is 0 Å². The summed E-state index contributed by atoms with van der Waals surface area (Å²) in [5.41, 5.74) is 3.68. The number of allylic oxidation sites excluding steroid dienone is 8. The Morgan fingerprint density at radius 1 is 0.778 bits per heavy atom. The molecule has 2 aliphatic rings. The first-order chi connectivity index (χ1) is 8.40. The number of ketones is 2. The molecule has 0 aliphatic heterocycles. The summed E-state index contributed by atoms with van der Waals surface area (Å²) in [4.78, 5) is 23.5. The third kappa shape index (κ3) is 2.15. The van der Waals surface area contributed by atoms with E-state index in [1.807, 2.05) is 52.0 Å². The van der Waals surface area contributed by atoms with Crippen LogP contribution in [0.1, 0.15) is 27.7 Å². The van der Waals surface area contributed by atoms with Crippen LogP contribution in [-0.2, 0) is 9.59 Å². The summed E-state index contributed by atoms with van der Waals surface area (Å²) in [5.74, 6) is 0.208. The average molecular weight is 242 g/mol. The van der Waals surface area contributed by atoms with Crippen LogP contribution in [0.15, 0.2) is 46.6 Å². The molecule has 0 fully saturated rings. The number of Topliss-reactive ketones (excluding diaryl/α,β-unsaturated/α-hetero) is 2. The highest BCUT2D eigenvalue weighted by Gasteiger charge is 2.23. The number of rotatable bonds is 1. The molecule has 0 saturated heterocycles. The van der Waals surface area contributed by atoms with Gasteiger partial charge in [-0.3, -0.25) is 9.59 Å². The molecule has 0 aromatic carbocycles. The maximum atomic E-state index is 11.7. The topological polar surface area (TPSA) is 34.1 Å². The van der Waals surface area contributed by atoms with Gasteiger partial charge < -0.3 is 0 Å². The standard InChI is InChI=1S/C16H18O2/c1-9-5-13(6-10(2)15(9)17)14-7-11(3)16(18)12(4)8-14/h5-9,11H,1-4H3. The van der Waals surface area contributed by atoms with Gasteiger partial charge in [-0.15, -0.1) is 0 Å². The van der Waals surface area contributed by atoms with Crippen LogP contribution < -0.4 is 0 Å². The molecule has 2 nitrogen and oxygen atoms in total. The van der Waals surface area contributed by atoms with Crippen LogP contribution in [0.4, 0.5) is 0 Å². The Kier molecular flexibility index (Phi) is 3.20. The zero-order chi connectivity index (χ0) is 13.4. The van der Waals surface area contributed by atoms with Crippen LogP contribution >= 0.6 is 0 Å². The lowest BCUT2D eigenvalue weighted by molar-refractivity contribution is -0.118. The van der Waals surface area contributed by atoms with Crippen LogP contribution in [-0.4, -0.2) is 11.6 Å². The third-order valence-corrected chi connectivity index (χ3v) is 3.54. The molecule has 2 atom stereocenters. The first-order valence-corrected chi connectivity index (χ1v) is 6.29.